The third kappa shape index (κ3) is 4.81. The molecule has 0 aromatic rings. The van der Waals surface area contributed by atoms with Crippen LogP contribution in [-0.4, -0.2) is 17.7 Å². The van der Waals surface area contributed by atoms with Crippen LogP contribution < -0.4 is 0 Å². The molecule has 0 aliphatic rings. The monoisotopic (exact) mass is 216 g/mol. The van der Waals surface area contributed by atoms with Gasteiger partial charge in [0.1, 0.15) is 0 Å². The minimum Gasteiger partial charge on any atom is -0.423 e. The van der Waals surface area contributed by atoms with Gasteiger partial charge in [-0.05, 0) is 6.42 Å². The van der Waals surface area contributed by atoms with Crippen LogP contribution in [0, 0.1) is 5.92 Å². The Morgan fingerprint density at radius 1 is 1.27 bits per heavy atom. The summed E-state index contributed by atoms with van der Waals surface area (Å²) < 4.78 is 10.1. The van der Waals surface area contributed by atoms with Gasteiger partial charge in [0, 0.05) is 20.3 Å². The van der Waals surface area contributed by atoms with Crippen molar-refractivity contribution in [2.24, 2.45) is 5.92 Å². The van der Waals surface area contributed by atoms with Crippen molar-refractivity contribution < 1.29 is 19.1 Å². The fraction of sp³-hybridized carbons (Fsp3) is 0.818. The topological polar surface area (TPSA) is 52.6 Å². The minimum absolute atomic E-state index is 0.175. The summed E-state index contributed by atoms with van der Waals surface area (Å²) in [6, 6.07) is 0. The summed E-state index contributed by atoms with van der Waals surface area (Å²) in [7, 11) is 0. The molecule has 2 atom stereocenters. The quantitative estimate of drug-likeness (QED) is 0.522. The Bertz CT molecular complexity index is 237. The van der Waals surface area contributed by atoms with Crippen molar-refractivity contribution in [3.63, 3.8) is 0 Å². The van der Waals surface area contributed by atoms with Gasteiger partial charge in [-0.25, -0.2) is 0 Å². The molecule has 15 heavy (non-hydrogen) atoms. The van der Waals surface area contributed by atoms with E-state index in [4.69, 9.17) is 9.47 Å². The van der Waals surface area contributed by atoms with Crippen LogP contribution in [0.2, 0.25) is 0 Å². The Kier molecular flexibility index (Phi) is 5.33. The molecule has 0 rings (SSSR count). The van der Waals surface area contributed by atoms with Gasteiger partial charge in [0.05, 0.1) is 5.92 Å². The number of esters is 2. The van der Waals surface area contributed by atoms with Crippen LogP contribution in [0.4, 0.5) is 0 Å². The Balaban J connectivity index is 4.43. The molecule has 0 aromatic heterocycles. The molecule has 88 valence electrons. The summed E-state index contributed by atoms with van der Waals surface area (Å²) in [6.07, 6.45) is 1.15. The molecular weight excluding hydrogens is 196 g/mol. The zero-order valence-electron chi connectivity index (χ0n) is 10.1. The molecule has 4 heteroatoms. The van der Waals surface area contributed by atoms with Crippen LogP contribution in [0.3, 0.4) is 0 Å². The second-order valence-electron chi connectivity index (χ2n) is 3.81. The van der Waals surface area contributed by atoms with Gasteiger partial charge in [0.15, 0.2) is 0 Å². The lowest BCUT2D eigenvalue weighted by molar-refractivity contribution is -0.224. The van der Waals surface area contributed by atoms with Gasteiger partial charge < -0.3 is 9.47 Å². The smallest absolute Gasteiger partial charge is 0.311 e. The highest BCUT2D eigenvalue weighted by atomic mass is 16.7. The molecule has 0 aliphatic heterocycles. The molecule has 2 unspecified atom stereocenters. The largest absolute Gasteiger partial charge is 0.423 e. The Hall–Kier alpha value is -1.06. The van der Waals surface area contributed by atoms with Gasteiger partial charge in [-0.3, -0.25) is 9.59 Å². The van der Waals surface area contributed by atoms with Gasteiger partial charge in [0.25, 0.3) is 5.79 Å². The lowest BCUT2D eigenvalue weighted by atomic mass is 10.1. The molecule has 0 aromatic carbocycles. The first-order chi connectivity index (χ1) is 6.84. The number of ether oxygens (including phenoxy) is 2. The predicted molar refractivity (Wildman–Crippen MR) is 56.0 cm³/mol. The van der Waals surface area contributed by atoms with E-state index in [2.05, 4.69) is 0 Å². The zero-order chi connectivity index (χ0) is 12.1. The van der Waals surface area contributed by atoms with Crippen molar-refractivity contribution in [2.75, 3.05) is 0 Å². The maximum absolute atomic E-state index is 11.5. The van der Waals surface area contributed by atoms with E-state index in [-0.39, 0.29) is 11.9 Å². The summed E-state index contributed by atoms with van der Waals surface area (Å²) in [5.41, 5.74) is 0. The number of hydrogen-bond acceptors (Lipinski definition) is 4. The lowest BCUT2D eigenvalue weighted by Gasteiger charge is -2.28. The molecule has 0 spiro atoms. The van der Waals surface area contributed by atoms with E-state index >= 15 is 0 Å². The molecule has 0 saturated carbocycles. The minimum atomic E-state index is -1.13. The summed E-state index contributed by atoms with van der Waals surface area (Å²) >= 11 is 0. The second kappa shape index (κ2) is 5.73. The van der Waals surface area contributed by atoms with Crippen LogP contribution in [0.5, 0.6) is 0 Å². The number of rotatable bonds is 5. The van der Waals surface area contributed by atoms with Gasteiger partial charge in [0.2, 0.25) is 0 Å². The predicted octanol–water partition coefficient (Wildman–Crippen LogP) is 2.27. The molecule has 0 radical (unpaired) electrons. The van der Waals surface area contributed by atoms with Crippen LogP contribution in [-0.2, 0) is 19.1 Å². The van der Waals surface area contributed by atoms with E-state index in [1.807, 2.05) is 6.92 Å². The van der Waals surface area contributed by atoms with Crippen molar-refractivity contribution in [2.45, 2.75) is 53.2 Å². The first-order valence-corrected chi connectivity index (χ1v) is 5.27. The molecule has 0 bridgehead atoms. The van der Waals surface area contributed by atoms with Crippen LogP contribution in [0.1, 0.15) is 47.5 Å². The molecule has 0 amide bonds. The maximum atomic E-state index is 11.5. The van der Waals surface area contributed by atoms with E-state index in [0.717, 1.165) is 0 Å². The van der Waals surface area contributed by atoms with Crippen LogP contribution in [0.25, 0.3) is 0 Å². The first kappa shape index (κ1) is 13.9. The number of carbonyl (C=O) groups is 2. The third-order valence-corrected chi connectivity index (χ3v) is 2.33. The molecule has 0 heterocycles. The normalized spacial score (nSPS) is 16.3. The number of carbonyl (C=O) groups excluding carboxylic acids is 2. The van der Waals surface area contributed by atoms with Crippen LogP contribution >= 0.6 is 0 Å². The Morgan fingerprint density at radius 2 is 1.80 bits per heavy atom. The van der Waals surface area contributed by atoms with E-state index in [9.17, 15) is 9.59 Å². The Morgan fingerprint density at radius 3 is 2.13 bits per heavy atom. The summed E-state index contributed by atoms with van der Waals surface area (Å²) in [4.78, 5) is 22.3. The molecular formula is C11H20O4. The summed E-state index contributed by atoms with van der Waals surface area (Å²) in [5, 5.41) is 0. The SMILES string of the molecule is CCC(C)C(=O)OC(C)(CC)OC(C)=O. The standard InChI is InChI=1S/C11H20O4/c1-6-8(3)10(13)15-11(5,7-2)14-9(4)12/h8H,6-7H2,1-5H3. The van der Waals surface area contributed by atoms with Crippen molar-refractivity contribution in [3.05, 3.63) is 0 Å². The van der Waals surface area contributed by atoms with Gasteiger partial charge in [-0.15, -0.1) is 0 Å². The van der Waals surface area contributed by atoms with E-state index < -0.39 is 11.8 Å². The molecule has 0 N–H and O–H groups in total. The van der Waals surface area contributed by atoms with Crippen molar-refractivity contribution in [3.8, 4) is 0 Å². The van der Waals surface area contributed by atoms with Gasteiger partial charge >= 0.3 is 11.9 Å². The molecule has 0 fully saturated rings. The fourth-order valence-corrected chi connectivity index (χ4v) is 0.949. The fourth-order valence-electron chi connectivity index (χ4n) is 0.949. The van der Waals surface area contributed by atoms with E-state index in [1.54, 1.807) is 20.8 Å². The molecule has 0 aliphatic carbocycles. The highest BCUT2D eigenvalue weighted by Gasteiger charge is 2.31. The van der Waals surface area contributed by atoms with Crippen molar-refractivity contribution in [1.29, 1.82) is 0 Å². The maximum Gasteiger partial charge on any atom is 0.311 e. The molecule has 0 saturated heterocycles. The molecule has 4 nitrogen and oxygen atoms in total. The van der Waals surface area contributed by atoms with Gasteiger partial charge in [-0.2, -0.15) is 0 Å². The second-order valence-corrected chi connectivity index (χ2v) is 3.81. The summed E-state index contributed by atoms with van der Waals surface area (Å²) in [5.74, 6) is -2.09. The lowest BCUT2D eigenvalue weighted by Crippen LogP contribution is -2.37. The average Bonchev–Trinajstić information content (AvgIpc) is 2.15. The van der Waals surface area contributed by atoms with Crippen LogP contribution in [0.15, 0.2) is 0 Å². The van der Waals surface area contributed by atoms with E-state index in [0.29, 0.717) is 12.8 Å². The average molecular weight is 216 g/mol. The van der Waals surface area contributed by atoms with Gasteiger partial charge in [-0.1, -0.05) is 20.8 Å². The Labute approximate surface area is 90.9 Å². The first-order valence-electron chi connectivity index (χ1n) is 5.27. The summed E-state index contributed by atoms with van der Waals surface area (Å²) in [6.45, 7) is 8.37. The van der Waals surface area contributed by atoms with E-state index in [1.165, 1.54) is 6.92 Å². The van der Waals surface area contributed by atoms with Crippen molar-refractivity contribution in [1.82, 2.24) is 0 Å². The zero-order valence-corrected chi connectivity index (χ0v) is 10.1. The highest BCUT2D eigenvalue weighted by molar-refractivity contribution is 5.73. The third-order valence-electron chi connectivity index (χ3n) is 2.33. The number of hydrogen-bond donors (Lipinski definition) is 0. The van der Waals surface area contributed by atoms with Crippen molar-refractivity contribution >= 4 is 11.9 Å². The highest BCUT2D eigenvalue weighted by Crippen LogP contribution is 2.20.